The van der Waals surface area contributed by atoms with E-state index in [1.807, 2.05) is 29.6 Å². The normalized spacial score (nSPS) is 10.5. The second-order valence-corrected chi connectivity index (χ2v) is 6.33. The number of nitrogens with one attached hydrogen (secondary N) is 1. The molecule has 0 saturated carbocycles. The second-order valence-electron chi connectivity index (χ2n) is 5.47. The lowest BCUT2D eigenvalue weighted by Crippen LogP contribution is -1.93. The van der Waals surface area contributed by atoms with E-state index in [1.165, 1.54) is 22.5 Å². The van der Waals surface area contributed by atoms with Gasteiger partial charge in [-0.15, -0.1) is 28.3 Å². The molecular weight excluding hydrogens is 398 g/mol. The van der Waals surface area contributed by atoms with Crippen LogP contribution in [0.15, 0.2) is 52.9 Å². The molecule has 0 amide bonds. The fourth-order valence-electron chi connectivity index (χ4n) is 2.39. The van der Waals surface area contributed by atoms with Gasteiger partial charge in [-0.3, -0.25) is 5.43 Å². The molecule has 1 heterocycles. The van der Waals surface area contributed by atoms with Crippen molar-refractivity contribution in [1.29, 1.82) is 0 Å². The van der Waals surface area contributed by atoms with Crippen LogP contribution < -0.4 is 10.2 Å². The van der Waals surface area contributed by atoms with Crippen molar-refractivity contribution in [2.45, 2.75) is 13.8 Å². The highest BCUT2D eigenvalue weighted by Crippen LogP contribution is 2.28. The molecule has 130 valence electrons. The summed E-state index contributed by atoms with van der Waals surface area (Å²) < 4.78 is 5.30. The van der Waals surface area contributed by atoms with Gasteiger partial charge in [-0.2, -0.15) is 5.10 Å². The minimum Gasteiger partial charge on any atom is -0.496 e. The minimum absolute atomic E-state index is 0. The van der Waals surface area contributed by atoms with Crippen molar-refractivity contribution in [3.8, 4) is 17.0 Å². The van der Waals surface area contributed by atoms with Gasteiger partial charge >= 0.3 is 0 Å². The van der Waals surface area contributed by atoms with Crippen molar-refractivity contribution >= 4 is 39.7 Å². The highest BCUT2D eigenvalue weighted by molar-refractivity contribution is 8.93. The quantitative estimate of drug-likeness (QED) is 0.442. The molecule has 6 heteroatoms. The second kappa shape index (κ2) is 8.78. The van der Waals surface area contributed by atoms with Crippen LogP contribution in [0.5, 0.6) is 5.75 Å². The van der Waals surface area contributed by atoms with E-state index in [2.05, 4.69) is 47.6 Å². The van der Waals surface area contributed by atoms with Gasteiger partial charge in [0.2, 0.25) is 5.13 Å². The van der Waals surface area contributed by atoms with E-state index in [-0.39, 0.29) is 17.0 Å². The highest BCUT2D eigenvalue weighted by Gasteiger charge is 2.07. The van der Waals surface area contributed by atoms with Gasteiger partial charge in [-0.1, -0.05) is 29.8 Å². The van der Waals surface area contributed by atoms with E-state index in [4.69, 9.17) is 4.74 Å². The zero-order valence-corrected chi connectivity index (χ0v) is 16.8. The Balaban J connectivity index is 0.00000225. The van der Waals surface area contributed by atoms with Gasteiger partial charge in [0.1, 0.15) is 5.75 Å². The summed E-state index contributed by atoms with van der Waals surface area (Å²) >= 11 is 1.54. The number of hydrazone groups is 1. The Labute approximate surface area is 162 Å². The predicted molar refractivity (Wildman–Crippen MR) is 112 cm³/mol. The molecule has 1 N–H and O–H groups in total. The molecule has 1 aromatic heterocycles. The summed E-state index contributed by atoms with van der Waals surface area (Å²) in [6, 6.07) is 14.1. The van der Waals surface area contributed by atoms with Gasteiger partial charge < -0.3 is 4.74 Å². The maximum atomic E-state index is 5.30. The first-order valence-corrected chi connectivity index (χ1v) is 8.50. The number of thiazole rings is 1. The van der Waals surface area contributed by atoms with Crippen molar-refractivity contribution < 1.29 is 4.74 Å². The molecule has 0 fully saturated rings. The highest BCUT2D eigenvalue weighted by atomic mass is 79.9. The van der Waals surface area contributed by atoms with Crippen molar-refractivity contribution in [2.75, 3.05) is 12.5 Å². The van der Waals surface area contributed by atoms with Gasteiger partial charge in [0, 0.05) is 16.5 Å². The molecule has 3 aromatic rings. The number of para-hydroxylation sites is 1. The van der Waals surface area contributed by atoms with Crippen molar-refractivity contribution in [3.05, 3.63) is 64.5 Å². The lowest BCUT2D eigenvalue weighted by Gasteiger charge is -2.04. The molecule has 25 heavy (non-hydrogen) atoms. The van der Waals surface area contributed by atoms with Crippen molar-refractivity contribution in [1.82, 2.24) is 4.98 Å². The number of hydrogen-bond acceptors (Lipinski definition) is 5. The zero-order valence-electron chi connectivity index (χ0n) is 14.3. The van der Waals surface area contributed by atoms with E-state index in [1.54, 1.807) is 13.3 Å². The molecular formula is C19H20BrN3OS. The average Bonchev–Trinajstić information content (AvgIpc) is 3.06. The van der Waals surface area contributed by atoms with Crippen LogP contribution >= 0.6 is 28.3 Å². The average molecular weight is 418 g/mol. The summed E-state index contributed by atoms with van der Waals surface area (Å²) in [7, 11) is 1.65. The Kier molecular flexibility index (Phi) is 6.73. The molecule has 0 aliphatic heterocycles. The van der Waals surface area contributed by atoms with E-state index in [0.29, 0.717) is 0 Å². The van der Waals surface area contributed by atoms with Crippen LogP contribution in [0.4, 0.5) is 5.13 Å². The Hall–Kier alpha value is -2.18. The number of ether oxygens (including phenoxy) is 1. The summed E-state index contributed by atoms with van der Waals surface area (Å²) in [6.07, 6.45) is 1.73. The van der Waals surface area contributed by atoms with Crippen LogP contribution in [-0.4, -0.2) is 18.3 Å². The lowest BCUT2D eigenvalue weighted by molar-refractivity contribution is 0.414. The molecule has 0 unspecified atom stereocenters. The fraction of sp³-hybridized carbons (Fsp3) is 0.158. The third kappa shape index (κ3) is 4.67. The first-order valence-electron chi connectivity index (χ1n) is 7.62. The number of nitrogens with zero attached hydrogens (tertiary/aromatic N) is 2. The topological polar surface area (TPSA) is 46.5 Å². The Morgan fingerprint density at radius 2 is 1.96 bits per heavy atom. The molecule has 0 spiro atoms. The number of halogens is 1. The summed E-state index contributed by atoms with van der Waals surface area (Å²) in [5.41, 5.74) is 8.48. The molecule has 0 saturated heterocycles. The van der Waals surface area contributed by atoms with Gasteiger partial charge in [0.05, 0.1) is 19.0 Å². The van der Waals surface area contributed by atoms with E-state index in [9.17, 15) is 0 Å². The van der Waals surface area contributed by atoms with Gasteiger partial charge in [-0.05, 0) is 37.6 Å². The number of methoxy groups -OCH3 is 1. The van der Waals surface area contributed by atoms with E-state index in [0.717, 1.165) is 27.7 Å². The molecule has 0 aliphatic carbocycles. The Morgan fingerprint density at radius 1 is 1.16 bits per heavy atom. The van der Waals surface area contributed by atoms with Gasteiger partial charge in [0.15, 0.2) is 0 Å². The largest absolute Gasteiger partial charge is 0.496 e. The summed E-state index contributed by atoms with van der Waals surface area (Å²) in [5.74, 6) is 0.790. The molecule has 0 aliphatic rings. The fourth-order valence-corrected chi connectivity index (χ4v) is 3.05. The zero-order chi connectivity index (χ0) is 16.9. The number of rotatable bonds is 5. The smallest absolute Gasteiger partial charge is 0.203 e. The molecule has 4 nitrogen and oxygen atoms in total. The number of hydrogen-bond donors (Lipinski definition) is 1. The van der Waals surface area contributed by atoms with Crippen LogP contribution in [0.3, 0.4) is 0 Å². The first-order chi connectivity index (χ1) is 11.7. The van der Waals surface area contributed by atoms with E-state index >= 15 is 0 Å². The number of anilines is 1. The molecule has 2 aromatic carbocycles. The maximum Gasteiger partial charge on any atom is 0.203 e. The third-order valence-corrected chi connectivity index (χ3v) is 4.42. The van der Waals surface area contributed by atoms with Crippen LogP contribution in [0.2, 0.25) is 0 Å². The molecule has 3 rings (SSSR count). The van der Waals surface area contributed by atoms with Crippen LogP contribution in [-0.2, 0) is 0 Å². The van der Waals surface area contributed by atoms with Crippen LogP contribution in [0.1, 0.15) is 16.7 Å². The first kappa shape index (κ1) is 19.1. The summed E-state index contributed by atoms with van der Waals surface area (Å²) in [4.78, 5) is 4.62. The predicted octanol–water partition coefficient (Wildman–Crippen LogP) is 5.46. The number of aryl methyl sites for hydroxylation is 2. The summed E-state index contributed by atoms with van der Waals surface area (Å²) in [6.45, 7) is 4.19. The van der Waals surface area contributed by atoms with Gasteiger partial charge in [0.25, 0.3) is 0 Å². The van der Waals surface area contributed by atoms with Crippen LogP contribution in [0.25, 0.3) is 11.3 Å². The summed E-state index contributed by atoms with van der Waals surface area (Å²) in [5, 5.41) is 7.07. The molecule has 0 atom stereocenters. The van der Waals surface area contributed by atoms with E-state index < -0.39 is 0 Å². The lowest BCUT2D eigenvalue weighted by atomic mass is 10.0. The Bertz CT molecular complexity index is 877. The van der Waals surface area contributed by atoms with Crippen molar-refractivity contribution in [2.24, 2.45) is 5.10 Å². The molecule has 0 radical (unpaired) electrons. The van der Waals surface area contributed by atoms with Gasteiger partial charge in [-0.25, -0.2) is 4.98 Å². The standard InChI is InChI=1S/C19H19N3OS.BrH/c1-13-8-9-14(2)16(10-13)17-12-24-19(21-17)22-20-11-15-6-4-5-7-18(15)23-3;/h4-12H,1-3H3,(H,21,22);1H/b20-11+;. The SMILES string of the molecule is Br.COc1ccccc1/C=N/Nc1nc(-c2cc(C)ccc2C)cs1. The monoisotopic (exact) mass is 417 g/mol. The molecule has 0 bridgehead atoms. The number of benzene rings is 2. The maximum absolute atomic E-state index is 5.30. The van der Waals surface area contributed by atoms with Crippen molar-refractivity contribution in [3.63, 3.8) is 0 Å². The van der Waals surface area contributed by atoms with Crippen LogP contribution in [0, 0.1) is 13.8 Å². The number of aromatic nitrogens is 1. The third-order valence-electron chi connectivity index (χ3n) is 3.68. The minimum atomic E-state index is 0. The Morgan fingerprint density at radius 3 is 2.76 bits per heavy atom.